The molecule has 3 aromatic carbocycles. The molecule has 0 spiro atoms. The highest BCUT2D eigenvalue weighted by Gasteiger charge is 2.50. The molecule has 38 heavy (non-hydrogen) atoms. The summed E-state index contributed by atoms with van der Waals surface area (Å²) in [4.78, 5) is 34.7. The summed E-state index contributed by atoms with van der Waals surface area (Å²) in [6.45, 7) is -0.0612. The molecule has 2 amide bonds. The first-order valence-electron chi connectivity index (χ1n) is 12.2. The standard InChI is InChI=1S/C29H32N2O7/c1-35-19-38-31-28(33)25(17-20-7-5-4-6-8-20)30(18-21-9-13-23(36-2)14-10-21)26(29(31)34)27(32)22-11-15-24(37-3)16-12-22/h4-16,25-27,32H,17-19H2,1-3H3. The van der Waals surface area contributed by atoms with Crippen LogP contribution in [-0.2, 0) is 32.1 Å². The summed E-state index contributed by atoms with van der Waals surface area (Å²) in [5, 5.41) is 12.3. The van der Waals surface area contributed by atoms with Crippen LogP contribution in [0.5, 0.6) is 11.5 Å². The fourth-order valence-electron chi connectivity index (χ4n) is 4.57. The Balaban J connectivity index is 1.77. The summed E-state index contributed by atoms with van der Waals surface area (Å²) in [6, 6.07) is 21.8. The molecule has 0 aliphatic carbocycles. The Hall–Kier alpha value is -3.76. The number of imide groups is 1. The highest BCUT2D eigenvalue weighted by molar-refractivity contribution is 6.02. The van der Waals surface area contributed by atoms with E-state index in [4.69, 9.17) is 19.0 Å². The highest BCUT2D eigenvalue weighted by Crippen LogP contribution is 2.33. The van der Waals surface area contributed by atoms with Gasteiger partial charge in [0.1, 0.15) is 23.6 Å². The van der Waals surface area contributed by atoms with Crippen molar-refractivity contribution in [2.75, 3.05) is 28.1 Å². The monoisotopic (exact) mass is 520 g/mol. The summed E-state index contributed by atoms with van der Waals surface area (Å²) in [6.07, 6.45) is -0.950. The van der Waals surface area contributed by atoms with Crippen LogP contribution in [-0.4, -0.2) is 67.1 Å². The second kappa shape index (κ2) is 12.7. The van der Waals surface area contributed by atoms with E-state index in [1.54, 1.807) is 43.4 Å². The molecule has 1 aliphatic heterocycles. The van der Waals surface area contributed by atoms with Gasteiger partial charge in [0.15, 0.2) is 6.79 Å². The summed E-state index contributed by atoms with van der Waals surface area (Å²) in [7, 11) is 4.54. The average Bonchev–Trinajstić information content (AvgIpc) is 2.96. The van der Waals surface area contributed by atoms with E-state index in [1.807, 2.05) is 54.6 Å². The molecule has 1 aliphatic rings. The van der Waals surface area contributed by atoms with Crippen LogP contribution in [0.4, 0.5) is 0 Å². The molecule has 1 fully saturated rings. The van der Waals surface area contributed by atoms with Crippen LogP contribution < -0.4 is 9.47 Å². The molecule has 0 aromatic heterocycles. The smallest absolute Gasteiger partial charge is 0.274 e. The molecule has 3 unspecified atom stereocenters. The van der Waals surface area contributed by atoms with Gasteiger partial charge in [0.05, 0.1) is 20.3 Å². The van der Waals surface area contributed by atoms with Crippen LogP contribution in [0.1, 0.15) is 22.8 Å². The van der Waals surface area contributed by atoms with Gasteiger partial charge in [-0.25, -0.2) is 4.84 Å². The van der Waals surface area contributed by atoms with Crippen molar-refractivity contribution in [3.63, 3.8) is 0 Å². The summed E-state index contributed by atoms with van der Waals surface area (Å²) >= 11 is 0. The van der Waals surface area contributed by atoms with Gasteiger partial charge in [0.25, 0.3) is 11.8 Å². The molecule has 3 aromatic rings. The van der Waals surface area contributed by atoms with Crippen LogP contribution in [0, 0.1) is 0 Å². The first kappa shape index (κ1) is 27.3. The van der Waals surface area contributed by atoms with Gasteiger partial charge in [-0.3, -0.25) is 14.5 Å². The van der Waals surface area contributed by atoms with Crippen molar-refractivity contribution in [2.45, 2.75) is 31.2 Å². The maximum absolute atomic E-state index is 13.8. The number of carbonyl (C=O) groups is 2. The number of amides is 2. The number of aliphatic hydroxyl groups excluding tert-OH is 1. The molecule has 0 bridgehead atoms. The van der Waals surface area contributed by atoms with Crippen LogP contribution in [0.2, 0.25) is 0 Å². The fourth-order valence-corrected chi connectivity index (χ4v) is 4.57. The van der Waals surface area contributed by atoms with Gasteiger partial charge < -0.3 is 19.3 Å². The lowest BCUT2D eigenvalue weighted by Crippen LogP contribution is -2.66. The second-order valence-electron chi connectivity index (χ2n) is 8.90. The Bertz CT molecular complexity index is 1200. The lowest BCUT2D eigenvalue weighted by molar-refractivity contribution is -0.237. The van der Waals surface area contributed by atoms with Crippen LogP contribution in [0.3, 0.4) is 0 Å². The van der Waals surface area contributed by atoms with Gasteiger partial charge in [0.2, 0.25) is 0 Å². The first-order valence-corrected chi connectivity index (χ1v) is 12.2. The lowest BCUT2D eigenvalue weighted by atomic mass is 9.92. The number of hydrogen-bond acceptors (Lipinski definition) is 8. The third-order valence-corrected chi connectivity index (χ3v) is 6.55. The molecule has 0 saturated carbocycles. The largest absolute Gasteiger partial charge is 0.497 e. The topological polar surface area (TPSA) is 97.8 Å². The molecule has 1 N–H and O–H groups in total. The minimum atomic E-state index is -1.26. The SMILES string of the molecule is COCON1C(=O)C(Cc2ccccc2)N(Cc2ccc(OC)cc2)C(C(O)c2ccc(OC)cc2)C1=O. The van der Waals surface area contributed by atoms with Crippen LogP contribution >= 0.6 is 0 Å². The predicted octanol–water partition coefficient (Wildman–Crippen LogP) is 3.12. The average molecular weight is 521 g/mol. The third-order valence-electron chi connectivity index (χ3n) is 6.55. The number of carbonyl (C=O) groups excluding carboxylic acids is 2. The van der Waals surface area contributed by atoms with Crippen molar-refractivity contribution in [2.24, 2.45) is 0 Å². The normalized spacial score (nSPS) is 18.9. The Morgan fingerprint density at radius 1 is 0.789 bits per heavy atom. The molecule has 1 heterocycles. The highest BCUT2D eigenvalue weighted by atomic mass is 16.8. The second-order valence-corrected chi connectivity index (χ2v) is 8.90. The van der Waals surface area contributed by atoms with Gasteiger partial charge in [-0.1, -0.05) is 54.6 Å². The van der Waals surface area contributed by atoms with E-state index in [1.165, 1.54) is 7.11 Å². The van der Waals surface area contributed by atoms with E-state index >= 15 is 0 Å². The Kier molecular flexibility index (Phi) is 9.09. The van der Waals surface area contributed by atoms with E-state index in [0.29, 0.717) is 23.5 Å². The number of methoxy groups -OCH3 is 3. The zero-order chi connectivity index (χ0) is 27.1. The predicted molar refractivity (Wildman–Crippen MR) is 139 cm³/mol. The molecular weight excluding hydrogens is 488 g/mol. The third kappa shape index (κ3) is 6.03. The van der Waals surface area contributed by atoms with Crippen molar-refractivity contribution >= 4 is 11.8 Å². The summed E-state index contributed by atoms with van der Waals surface area (Å²) in [5.41, 5.74) is 2.26. The fraction of sp³-hybridized carbons (Fsp3) is 0.310. The number of aliphatic hydroxyl groups is 1. The molecule has 3 atom stereocenters. The molecule has 0 radical (unpaired) electrons. The molecule has 9 nitrogen and oxygen atoms in total. The van der Waals surface area contributed by atoms with Crippen molar-refractivity contribution < 1.29 is 33.7 Å². The van der Waals surface area contributed by atoms with Crippen molar-refractivity contribution in [3.05, 3.63) is 95.6 Å². The van der Waals surface area contributed by atoms with Crippen molar-refractivity contribution in [1.82, 2.24) is 9.96 Å². The number of hydrogen-bond donors (Lipinski definition) is 1. The van der Waals surface area contributed by atoms with Crippen molar-refractivity contribution in [3.8, 4) is 11.5 Å². The number of ether oxygens (including phenoxy) is 3. The Labute approximate surface area is 222 Å². The zero-order valence-corrected chi connectivity index (χ0v) is 21.7. The van der Waals surface area contributed by atoms with Gasteiger partial charge in [-0.05, 0) is 47.4 Å². The maximum Gasteiger partial charge on any atom is 0.274 e. The Morgan fingerprint density at radius 3 is 1.97 bits per heavy atom. The molecule has 9 heteroatoms. The first-order chi connectivity index (χ1) is 18.5. The van der Waals surface area contributed by atoms with Crippen LogP contribution in [0.25, 0.3) is 0 Å². The van der Waals surface area contributed by atoms with Gasteiger partial charge >= 0.3 is 0 Å². The quantitative estimate of drug-likeness (QED) is 0.304. The Morgan fingerprint density at radius 2 is 1.39 bits per heavy atom. The van der Waals surface area contributed by atoms with E-state index < -0.39 is 30.0 Å². The molecule has 1 saturated heterocycles. The number of benzene rings is 3. The van der Waals surface area contributed by atoms with E-state index in [-0.39, 0.29) is 13.3 Å². The number of rotatable bonds is 11. The van der Waals surface area contributed by atoms with Gasteiger partial charge in [-0.2, -0.15) is 0 Å². The zero-order valence-electron chi connectivity index (χ0n) is 21.7. The van der Waals surface area contributed by atoms with E-state index in [2.05, 4.69) is 0 Å². The molecule has 200 valence electrons. The molecular formula is C29H32N2O7. The minimum absolute atomic E-state index is 0.231. The van der Waals surface area contributed by atoms with E-state index in [9.17, 15) is 14.7 Å². The summed E-state index contributed by atoms with van der Waals surface area (Å²) in [5.74, 6) is 0.110. The van der Waals surface area contributed by atoms with Gasteiger partial charge in [-0.15, -0.1) is 5.06 Å². The summed E-state index contributed by atoms with van der Waals surface area (Å²) < 4.78 is 15.5. The lowest BCUT2D eigenvalue weighted by Gasteiger charge is -2.45. The maximum atomic E-state index is 13.8. The minimum Gasteiger partial charge on any atom is -0.497 e. The molecule has 4 rings (SSSR count). The van der Waals surface area contributed by atoms with Crippen molar-refractivity contribution in [1.29, 1.82) is 0 Å². The number of hydroxylamine groups is 2. The van der Waals surface area contributed by atoms with E-state index in [0.717, 1.165) is 16.2 Å². The number of piperazine rings is 1. The van der Waals surface area contributed by atoms with Crippen LogP contribution in [0.15, 0.2) is 78.9 Å². The number of nitrogens with zero attached hydrogens (tertiary/aromatic N) is 2. The van der Waals surface area contributed by atoms with Gasteiger partial charge in [0, 0.05) is 13.7 Å².